The summed E-state index contributed by atoms with van der Waals surface area (Å²) in [5.41, 5.74) is 0.699. The number of carbonyl (C=O) groups is 1. The van der Waals surface area contributed by atoms with E-state index in [1.807, 2.05) is 6.92 Å². The van der Waals surface area contributed by atoms with Gasteiger partial charge in [0.05, 0.1) is 5.02 Å². The average Bonchev–Trinajstić information content (AvgIpc) is 2.37. The highest BCUT2D eigenvalue weighted by Gasteiger charge is 2.16. The molecule has 0 saturated heterocycles. The van der Waals surface area contributed by atoms with Crippen molar-refractivity contribution in [1.29, 1.82) is 0 Å². The van der Waals surface area contributed by atoms with Gasteiger partial charge in [0.2, 0.25) is 5.91 Å². The van der Waals surface area contributed by atoms with Crippen LogP contribution in [-0.4, -0.2) is 23.9 Å². The monoisotopic (exact) mass is 283 g/mol. The van der Waals surface area contributed by atoms with Gasteiger partial charge in [-0.3, -0.25) is 4.79 Å². The maximum absolute atomic E-state index is 13.0. The molecule has 19 heavy (non-hydrogen) atoms. The van der Waals surface area contributed by atoms with Gasteiger partial charge < -0.3 is 4.90 Å². The summed E-state index contributed by atoms with van der Waals surface area (Å²) in [6.07, 6.45) is 3.11. The third kappa shape index (κ3) is 4.35. The van der Waals surface area contributed by atoms with E-state index in [9.17, 15) is 9.18 Å². The van der Waals surface area contributed by atoms with Gasteiger partial charge in [-0.1, -0.05) is 31.5 Å². The lowest BCUT2D eigenvalue weighted by molar-refractivity contribution is -0.127. The van der Waals surface area contributed by atoms with Gasteiger partial charge in [-0.05, 0) is 36.6 Å². The zero-order valence-electron chi connectivity index (χ0n) is 11.7. The van der Waals surface area contributed by atoms with Crippen molar-refractivity contribution in [3.05, 3.63) is 40.7 Å². The highest BCUT2D eigenvalue weighted by atomic mass is 35.5. The van der Waals surface area contributed by atoms with Crippen LogP contribution in [0.5, 0.6) is 0 Å². The number of hydrogen-bond acceptors (Lipinski definition) is 1. The van der Waals surface area contributed by atoms with Crippen LogP contribution in [0.4, 0.5) is 4.39 Å². The Morgan fingerprint density at radius 3 is 2.53 bits per heavy atom. The number of rotatable bonds is 4. The van der Waals surface area contributed by atoms with E-state index in [1.165, 1.54) is 18.2 Å². The second kappa shape index (κ2) is 6.71. The van der Waals surface area contributed by atoms with Gasteiger partial charge in [0.15, 0.2) is 0 Å². The van der Waals surface area contributed by atoms with Crippen LogP contribution in [0.25, 0.3) is 6.08 Å². The Labute approximate surface area is 118 Å². The van der Waals surface area contributed by atoms with E-state index in [4.69, 9.17) is 11.6 Å². The van der Waals surface area contributed by atoms with Gasteiger partial charge in [0, 0.05) is 19.2 Å². The Hall–Kier alpha value is -1.35. The van der Waals surface area contributed by atoms with Gasteiger partial charge in [0.25, 0.3) is 0 Å². The van der Waals surface area contributed by atoms with Crippen molar-refractivity contribution in [2.24, 2.45) is 5.92 Å². The second-order valence-electron chi connectivity index (χ2n) is 4.94. The average molecular weight is 284 g/mol. The standard InChI is InChI=1S/C15H19ClFNO/c1-10(2)11(3)18(4)15(19)8-6-12-5-7-14(17)13(16)9-12/h5-11H,1-4H3. The zero-order valence-corrected chi connectivity index (χ0v) is 12.4. The third-order valence-corrected chi connectivity index (χ3v) is 3.58. The highest BCUT2D eigenvalue weighted by Crippen LogP contribution is 2.17. The smallest absolute Gasteiger partial charge is 0.246 e. The minimum atomic E-state index is -0.462. The number of amides is 1. The minimum absolute atomic E-state index is 0.0542. The second-order valence-corrected chi connectivity index (χ2v) is 5.35. The molecule has 1 rings (SSSR count). The molecule has 104 valence electrons. The van der Waals surface area contributed by atoms with E-state index in [2.05, 4.69) is 13.8 Å². The minimum Gasteiger partial charge on any atom is -0.339 e. The molecule has 0 heterocycles. The fourth-order valence-corrected chi connectivity index (χ4v) is 1.74. The Morgan fingerprint density at radius 2 is 2.00 bits per heavy atom. The van der Waals surface area contributed by atoms with Gasteiger partial charge >= 0.3 is 0 Å². The summed E-state index contributed by atoms with van der Waals surface area (Å²) in [4.78, 5) is 13.6. The van der Waals surface area contributed by atoms with Gasteiger partial charge in [-0.2, -0.15) is 0 Å². The van der Waals surface area contributed by atoms with E-state index >= 15 is 0 Å². The largest absolute Gasteiger partial charge is 0.339 e. The van der Waals surface area contributed by atoms with E-state index in [1.54, 1.807) is 24.1 Å². The SMILES string of the molecule is CC(C)C(C)N(C)C(=O)C=Cc1ccc(F)c(Cl)c1. The van der Waals surface area contributed by atoms with E-state index in [-0.39, 0.29) is 17.0 Å². The summed E-state index contributed by atoms with van der Waals surface area (Å²) in [5, 5.41) is 0.0542. The molecule has 0 aliphatic carbocycles. The molecule has 1 aromatic rings. The van der Waals surface area contributed by atoms with Gasteiger partial charge in [-0.25, -0.2) is 4.39 Å². The Morgan fingerprint density at radius 1 is 1.37 bits per heavy atom. The number of hydrogen-bond donors (Lipinski definition) is 0. The normalized spacial score (nSPS) is 13.0. The summed E-state index contributed by atoms with van der Waals surface area (Å²) < 4.78 is 13.0. The summed E-state index contributed by atoms with van der Waals surface area (Å²) in [6.45, 7) is 6.14. The molecule has 2 nitrogen and oxygen atoms in total. The number of nitrogens with zero attached hydrogens (tertiary/aromatic N) is 1. The highest BCUT2D eigenvalue weighted by molar-refractivity contribution is 6.30. The molecule has 0 saturated carbocycles. The van der Waals surface area contributed by atoms with Crippen molar-refractivity contribution < 1.29 is 9.18 Å². The van der Waals surface area contributed by atoms with Crippen molar-refractivity contribution in [3.8, 4) is 0 Å². The lowest BCUT2D eigenvalue weighted by atomic mass is 10.1. The van der Waals surface area contributed by atoms with Crippen LogP contribution >= 0.6 is 11.6 Å². The maximum Gasteiger partial charge on any atom is 0.246 e. The van der Waals surface area contributed by atoms with Crippen LogP contribution < -0.4 is 0 Å². The summed E-state index contributed by atoms with van der Waals surface area (Å²) in [5.74, 6) is -0.153. The van der Waals surface area contributed by atoms with E-state index in [0.29, 0.717) is 11.5 Å². The number of benzene rings is 1. The molecule has 1 atom stereocenters. The van der Waals surface area contributed by atoms with Crippen LogP contribution in [0.15, 0.2) is 24.3 Å². The Kier molecular flexibility index (Phi) is 5.55. The lowest BCUT2D eigenvalue weighted by Gasteiger charge is -2.26. The summed E-state index contributed by atoms with van der Waals surface area (Å²) in [6, 6.07) is 4.52. The molecular weight excluding hydrogens is 265 g/mol. The van der Waals surface area contributed by atoms with Crippen molar-refractivity contribution in [2.45, 2.75) is 26.8 Å². The number of halogens is 2. The van der Waals surface area contributed by atoms with Crippen molar-refractivity contribution in [2.75, 3.05) is 7.05 Å². The molecule has 1 amide bonds. The third-order valence-electron chi connectivity index (χ3n) is 3.29. The van der Waals surface area contributed by atoms with Crippen LogP contribution in [0.3, 0.4) is 0 Å². The fraction of sp³-hybridized carbons (Fsp3) is 0.400. The molecule has 0 bridgehead atoms. The molecule has 0 aliphatic heterocycles. The lowest BCUT2D eigenvalue weighted by Crippen LogP contribution is -2.37. The van der Waals surface area contributed by atoms with Crippen molar-refractivity contribution in [1.82, 2.24) is 4.90 Å². The molecule has 0 fully saturated rings. The molecule has 0 aromatic heterocycles. The van der Waals surface area contributed by atoms with Crippen LogP contribution in [-0.2, 0) is 4.79 Å². The molecular formula is C15H19ClFNO. The molecule has 4 heteroatoms. The molecule has 0 N–H and O–H groups in total. The molecule has 0 spiro atoms. The van der Waals surface area contributed by atoms with E-state index in [0.717, 1.165) is 0 Å². The predicted octanol–water partition coefficient (Wildman–Crippen LogP) is 4.00. The Bertz CT molecular complexity index is 485. The number of likely N-dealkylation sites (N-methyl/N-ethyl adjacent to an activating group) is 1. The maximum atomic E-state index is 13.0. The van der Waals surface area contributed by atoms with Crippen LogP contribution in [0.1, 0.15) is 26.3 Å². The first-order chi connectivity index (χ1) is 8.82. The first kappa shape index (κ1) is 15.7. The first-order valence-corrected chi connectivity index (χ1v) is 6.60. The topological polar surface area (TPSA) is 20.3 Å². The molecule has 1 unspecified atom stereocenters. The van der Waals surface area contributed by atoms with Crippen LogP contribution in [0, 0.1) is 11.7 Å². The summed E-state index contributed by atoms with van der Waals surface area (Å²) >= 11 is 5.68. The quantitative estimate of drug-likeness (QED) is 0.765. The zero-order chi connectivity index (χ0) is 14.6. The van der Waals surface area contributed by atoms with Crippen LogP contribution in [0.2, 0.25) is 5.02 Å². The Balaban J connectivity index is 2.75. The van der Waals surface area contributed by atoms with Gasteiger partial charge in [0.1, 0.15) is 5.82 Å². The fourth-order valence-electron chi connectivity index (χ4n) is 1.55. The molecule has 0 radical (unpaired) electrons. The molecule has 0 aliphatic rings. The van der Waals surface area contributed by atoms with Crippen molar-refractivity contribution in [3.63, 3.8) is 0 Å². The predicted molar refractivity (Wildman–Crippen MR) is 77.5 cm³/mol. The van der Waals surface area contributed by atoms with Gasteiger partial charge in [-0.15, -0.1) is 0 Å². The van der Waals surface area contributed by atoms with Crippen molar-refractivity contribution >= 4 is 23.6 Å². The summed E-state index contributed by atoms with van der Waals surface area (Å²) in [7, 11) is 1.77. The molecule has 1 aromatic carbocycles. The number of carbonyl (C=O) groups excluding carboxylic acids is 1. The van der Waals surface area contributed by atoms with E-state index < -0.39 is 5.82 Å². The first-order valence-electron chi connectivity index (χ1n) is 6.23.